The van der Waals surface area contributed by atoms with Crippen LogP contribution in [0.25, 0.3) is 11.0 Å². The Bertz CT molecular complexity index is 691. The van der Waals surface area contributed by atoms with Crippen LogP contribution in [0, 0.1) is 6.92 Å². The smallest absolute Gasteiger partial charge is 0.311 e. The Kier molecular flexibility index (Phi) is 5.76. The summed E-state index contributed by atoms with van der Waals surface area (Å²) in [4.78, 5) is 23.7. The number of ether oxygens (including phenoxy) is 2. The van der Waals surface area contributed by atoms with Gasteiger partial charge >= 0.3 is 5.97 Å². The van der Waals surface area contributed by atoms with Crippen molar-refractivity contribution in [2.45, 2.75) is 26.4 Å². The van der Waals surface area contributed by atoms with E-state index in [4.69, 9.17) is 13.9 Å². The third kappa shape index (κ3) is 4.56. The Labute approximate surface area is 134 Å². The summed E-state index contributed by atoms with van der Waals surface area (Å²) in [5.41, 5.74) is 2.57. The molecule has 6 heteroatoms. The van der Waals surface area contributed by atoms with Crippen LogP contribution in [-0.4, -0.2) is 38.2 Å². The molecule has 1 amide bonds. The quantitative estimate of drug-likeness (QED) is 0.624. The molecule has 1 aromatic heterocycles. The third-order valence-electron chi connectivity index (χ3n) is 3.43. The highest BCUT2D eigenvalue weighted by Gasteiger charge is 2.19. The normalized spacial score (nSPS) is 12.1. The van der Waals surface area contributed by atoms with Crippen molar-refractivity contribution < 1.29 is 23.5 Å². The van der Waals surface area contributed by atoms with E-state index in [9.17, 15) is 9.59 Å². The fourth-order valence-corrected chi connectivity index (χ4v) is 2.20. The van der Waals surface area contributed by atoms with E-state index in [2.05, 4.69) is 5.32 Å². The molecule has 0 aliphatic carbocycles. The molecule has 0 unspecified atom stereocenters. The predicted molar refractivity (Wildman–Crippen MR) is 85.1 cm³/mol. The molecule has 1 N–H and O–H groups in total. The van der Waals surface area contributed by atoms with E-state index in [1.165, 1.54) is 6.92 Å². The molecule has 0 radical (unpaired) electrons. The largest absolute Gasteiger partial charge is 0.464 e. The zero-order chi connectivity index (χ0) is 16.8. The first kappa shape index (κ1) is 17.0. The number of aryl methyl sites for hydroxylation is 1. The van der Waals surface area contributed by atoms with Crippen LogP contribution < -0.4 is 5.32 Å². The predicted octanol–water partition coefficient (Wildman–Crippen LogP) is 1.98. The van der Waals surface area contributed by atoms with Crippen molar-refractivity contribution in [3.8, 4) is 0 Å². The van der Waals surface area contributed by atoms with E-state index in [1.54, 1.807) is 13.4 Å². The number of hydrogen-bond donors (Lipinski definition) is 1. The van der Waals surface area contributed by atoms with Gasteiger partial charge in [-0.05, 0) is 25.5 Å². The van der Waals surface area contributed by atoms with Crippen molar-refractivity contribution >= 4 is 22.8 Å². The van der Waals surface area contributed by atoms with Gasteiger partial charge in [-0.15, -0.1) is 0 Å². The number of fused-ring (bicyclic) bond motifs is 1. The average molecular weight is 319 g/mol. The molecule has 0 bridgehead atoms. The van der Waals surface area contributed by atoms with E-state index in [0.717, 1.165) is 22.1 Å². The molecule has 0 fully saturated rings. The molecule has 6 nitrogen and oxygen atoms in total. The van der Waals surface area contributed by atoms with Gasteiger partial charge in [0.25, 0.3) is 5.91 Å². The lowest BCUT2D eigenvalue weighted by molar-refractivity contribution is -0.154. The fourth-order valence-electron chi connectivity index (χ4n) is 2.20. The molecular weight excluding hydrogens is 298 g/mol. The third-order valence-corrected chi connectivity index (χ3v) is 3.43. The first-order chi connectivity index (χ1) is 11.0. The lowest BCUT2D eigenvalue weighted by Gasteiger charge is -2.13. The summed E-state index contributed by atoms with van der Waals surface area (Å²) >= 11 is 0. The van der Waals surface area contributed by atoms with Crippen LogP contribution in [0.4, 0.5) is 0 Å². The average Bonchev–Trinajstić information content (AvgIpc) is 2.89. The maximum atomic E-state index is 12.0. The molecule has 1 aromatic carbocycles. The van der Waals surface area contributed by atoms with Crippen molar-refractivity contribution in [2.24, 2.45) is 0 Å². The first-order valence-electron chi connectivity index (χ1n) is 7.44. The van der Waals surface area contributed by atoms with Crippen LogP contribution >= 0.6 is 0 Å². The van der Waals surface area contributed by atoms with Crippen LogP contribution in [0.2, 0.25) is 0 Å². The number of hydrogen-bond acceptors (Lipinski definition) is 5. The Morgan fingerprint density at radius 1 is 1.35 bits per heavy atom. The first-order valence-corrected chi connectivity index (χ1v) is 7.44. The Balaban J connectivity index is 1.92. The zero-order valence-electron chi connectivity index (χ0n) is 13.5. The van der Waals surface area contributed by atoms with Gasteiger partial charge in [-0.3, -0.25) is 9.59 Å². The van der Waals surface area contributed by atoms with Crippen molar-refractivity contribution in [1.29, 1.82) is 0 Å². The molecule has 0 saturated heterocycles. The summed E-state index contributed by atoms with van der Waals surface area (Å²) in [6.07, 6.45) is 0.764. The van der Waals surface area contributed by atoms with Crippen molar-refractivity contribution in [2.75, 3.05) is 20.3 Å². The molecule has 23 heavy (non-hydrogen) atoms. The Morgan fingerprint density at radius 3 is 2.87 bits per heavy atom. The van der Waals surface area contributed by atoms with Gasteiger partial charge in [-0.1, -0.05) is 12.1 Å². The zero-order valence-corrected chi connectivity index (χ0v) is 13.5. The van der Waals surface area contributed by atoms with E-state index in [-0.39, 0.29) is 12.3 Å². The number of carbonyl (C=O) groups excluding carboxylic acids is 2. The molecule has 0 aliphatic rings. The highest BCUT2D eigenvalue weighted by atomic mass is 16.5. The minimum atomic E-state index is -0.847. The van der Waals surface area contributed by atoms with Crippen molar-refractivity contribution in [3.63, 3.8) is 0 Å². The molecule has 1 atom stereocenters. The molecular formula is C17H21NO5. The minimum absolute atomic E-state index is 0.0613. The number of amides is 1. The van der Waals surface area contributed by atoms with Gasteiger partial charge in [0, 0.05) is 24.6 Å². The van der Waals surface area contributed by atoms with Gasteiger partial charge < -0.3 is 19.2 Å². The number of carbonyl (C=O) groups is 2. The Morgan fingerprint density at radius 2 is 2.13 bits per heavy atom. The molecule has 0 saturated carbocycles. The molecule has 0 spiro atoms. The lowest BCUT2D eigenvalue weighted by Crippen LogP contribution is -2.37. The molecule has 2 aromatic rings. The number of rotatable bonds is 7. The SMILES string of the molecule is COCCNC(=O)[C@@H](C)OC(=O)Cc1coc2cc(C)ccc12. The van der Waals surface area contributed by atoms with E-state index >= 15 is 0 Å². The maximum Gasteiger partial charge on any atom is 0.311 e. The van der Waals surface area contributed by atoms with Crippen molar-refractivity contribution in [3.05, 3.63) is 35.6 Å². The second-order valence-corrected chi connectivity index (χ2v) is 5.35. The second-order valence-electron chi connectivity index (χ2n) is 5.35. The Hall–Kier alpha value is -2.34. The fraction of sp³-hybridized carbons (Fsp3) is 0.412. The summed E-state index contributed by atoms with van der Waals surface area (Å²) in [6.45, 7) is 4.30. The number of esters is 1. The van der Waals surface area contributed by atoms with Crippen LogP contribution in [0.1, 0.15) is 18.1 Å². The van der Waals surface area contributed by atoms with Crippen LogP contribution in [0.5, 0.6) is 0 Å². The van der Waals surface area contributed by atoms with Crippen molar-refractivity contribution in [1.82, 2.24) is 5.32 Å². The van der Waals surface area contributed by atoms with Crippen LogP contribution in [0.15, 0.2) is 28.9 Å². The van der Waals surface area contributed by atoms with E-state index in [1.807, 2.05) is 25.1 Å². The van der Waals surface area contributed by atoms with Crippen LogP contribution in [-0.2, 0) is 25.5 Å². The van der Waals surface area contributed by atoms with Gasteiger partial charge in [0.2, 0.25) is 0 Å². The molecule has 1 heterocycles. The second kappa shape index (κ2) is 7.78. The molecule has 124 valence electrons. The summed E-state index contributed by atoms with van der Waals surface area (Å²) in [7, 11) is 1.55. The monoisotopic (exact) mass is 319 g/mol. The van der Waals surface area contributed by atoms with Gasteiger partial charge in [0.1, 0.15) is 5.58 Å². The summed E-state index contributed by atoms with van der Waals surface area (Å²) in [6, 6.07) is 5.78. The highest BCUT2D eigenvalue weighted by Crippen LogP contribution is 2.23. The molecule has 0 aliphatic heterocycles. The van der Waals surface area contributed by atoms with Crippen LogP contribution in [0.3, 0.4) is 0 Å². The summed E-state index contributed by atoms with van der Waals surface area (Å²) in [5, 5.41) is 3.50. The topological polar surface area (TPSA) is 77.8 Å². The minimum Gasteiger partial charge on any atom is -0.464 e. The number of furan rings is 1. The summed E-state index contributed by atoms with van der Waals surface area (Å²) < 4.78 is 15.4. The maximum absolute atomic E-state index is 12.0. The summed E-state index contributed by atoms with van der Waals surface area (Å²) in [5.74, 6) is -0.814. The highest BCUT2D eigenvalue weighted by molar-refractivity contribution is 5.88. The van der Waals surface area contributed by atoms with E-state index in [0.29, 0.717) is 13.2 Å². The number of methoxy groups -OCH3 is 1. The lowest BCUT2D eigenvalue weighted by atomic mass is 10.1. The van der Waals surface area contributed by atoms with E-state index < -0.39 is 12.1 Å². The number of benzene rings is 1. The standard InChI is InChI=1S/C17H21NO5/c1-11-4-5-14-13(10-22-15(14)8-11)9-16(19)23-12(2)17(20)18-6-7-21-3/h4-5,8,10,12H,6-7,9H2,1-3H3,(H,18,20)/t12-/m1/s1. The van der Waals surface area contributed by atoms with Gasteiger partial charge in [-0.2, -0.15) is 0 Å². The van der Waals surface area contributed by atoms with Gasteiger partial charge in [-0.25, -0.2) is 0 Å². The van der Waals surface area contributed by atoms with Gasteiger partial charge in [0.15, 0.2) is 6.10 Å². The van der Waals surface area contributed by atoms with Gasteiger partial charge in [0.05, 0.1) is 19.3 Å². The number of nitrogens with one attached hydrogen (secondary N) is 1. The molecule has 2 rings (SSSR count).